The van der Waals surface area contributed by atoms with Gasteiger partial charge in [0.1, 0.15) is 0 Å². The summed E-state index contributed by atoms with van der Waals surface area (Å²) in [7, 11) is 0. The highest BCUT2D eigenvalue weighted by Gasteiger charge is 2.55. The van der Waals surface area contributed by atoms with E-state index in [9.17, 15) is 29.7 Å². The summed E-state index contributed by atoms with van der Waals surface area (Å²) in [4.78, 5) is 36.8. The van der Waals surface area contributed by atoms with Gasteiger partial charge in [0.2, 0.25) is 0 Å². The standard InChI is InChI=1S/C36H67NO6/c1-5-9-10-11-12-13-14-15-16-17-18-19-20-21-22-23-24-25-26-27-28-29-30-37(31(6-2)34(38)39,32(7-3)35(40)41)33(8-4)36(42)43/h14-15,31-33H,5-13,16-30H2,1-4H3,(H2-,38,39,40,41,42,43)/p+1/b15-14+. The number of nitrogens with zero attached hydrogens (tertiary/aromatic N) is 1. The van der Waals surface area contributed by atoms with Gasteiger partial charge in [0, 0.05) is 19.3 Å². The first-order chi connectivity index (χ1) is 20.7. The molecule has 0 radical (unpaired) electrons. The largest absolute Gasteiger partial charge is 0.477 e. The van der Waals surface area contributed by atoms with E-state index >= 15 is 0 Å². The van der Waals surface area contributed by atoms with Crippen molar-refractivity contribution in [3.8, 4) is 0 Å². The van der Waals surface area contributed by atoms with Gasteiger partial charge >= 0.3 is 17.9 Å². The van der Waals surface area contributed by atoms with Crippen molar-refractivity contribution in [2.75, 3.05) is 6.54 Å². The highest BCUT2D eigenvalue weighted by Crippen LogP contribution is 2.32. The quantitative estimate of drug-likeness (QED) is 0.0409. The average molecular weight is 611 g/mol. The molecule has 3 unspecified atom stereocenters. The summed E-state index contributed by atoms with van der Waals surface area (Å²) in [5.41, 5.74) is 0. The summed E-state index contributed by atoms with van der Waals surface area (Å²) in [5, 5.41) is 30.1. The second-order valence-electron chi connectivity index (χ2n) is 12.6. The molecule has 0 saturated heterocycles. The third-order valence-electron chi connectivity index (χ3n) is 9.31. The van der Waals surface area contributed by atoms with E-state index in [4.69, 9.17) is 0 Å². The molecule has 0 bridgehead atoms. The molecule has 0 heterocycles. The Bertz CT molecular complexity index is 697. The number of carbonyl (C=O) groups is 3. The Kier molecular flexibility index (Phi) is 25.3. The lowest BCUT2D eigenvalue weighted by Crippen LogP contribution is -2.72. The number of carboxylic acids is 3. The third-order valence-corrected chi connectivity index (χ3v) is 9.31. The van der Waals surface area contributed by atoms with Crippen LogP contribution in [0.3, 0.4) is 0 Å². The zero-order valence-electron chi connectivity index (χ0n) is 28.4. The fraction of sp³-hybridized carbons (Fsp3) is 0.861. The van der Waals surface area contributed by atoms with Crippen LogP contribution in [-0.2, 0) is 14.4 Å². The maximum atomic E-state index is 12.3. The maximum absolute atomic E-state index is 12.3. The molecular formula is C36H68NO6+. The van der Waals surface area contributed by atoms with Gasteiger partial charge in [-0.3, -0.25) is 4.48 Å². The lowest BCUT2D eigenvalue weighted by atomic mass is 9.93. The van der Waals surface area contributed by atoms with Crippen molar-refractivity contribution in [2.24, 2.45) is 0 Å². The topological polar surface area (TPSA) is 112 Å². The van der Waals surface area contributed by atoms with Crippen LogP contribution in [0.15, 0.2) is 12.2 Å². The Morgan fingerprint density at radius 3 is 1.02 bits per heavy atom. The number of unbranched alkanes of at least 4 members (excludes halogenated alkanes) is 18. The molecule has 0 spiro atoms. The summed E-state index contributed by atoms with van der Waals surface area (Å²) in [6.45, 7) is 7.66. The fourth-order valence-electron chi connectivity index (χ4n) is 6.97. The molecule has 0 amide bonds. The van der Waals surface area contributed by atoms with Crippen LogP contribution < -0.4 is 0 Å². The number of allylic oxidation sites excluding steroid dienone is 2. The zero-order valence-corrected chi connectivity index (χ0v) is 28.4. The molecule has 0 aromatic rings. The van der Waals surface area contributed by atoms with Gasteiger partial charge < -0.3 is 15.3 Å². The van der Waals surface area contributed by atoms with E-state index in [1.165, 1.54) is 103 Å². The summed E-state index contributed by atoms with van der Waals surface area (Å²) >= 11 is 0. The van der Waals surface area contributed by atoms with Gasteiger partial charge in [-0.05, 0) is 38.5 Å². The fourth-order valence-corrected chi connectivity index (χ4v) is 6.97. The molecule has 0 aromatic heterocycles. The molecule has 0 saturated carbocycles. The molecule has 3 N–H and O–H groups in total. The monoisotopic (exact) mass is 611 g/mol. The SMILES string of the molecule is CCCCCCC/C=C/CCCCCCCCCCCCCCC[N+](C(CC)C(=O)O)(C(CC)C(=O)O)C(CC)C(=O)O. The predicted molar refractivity (Wildman–Crippen MR) is 177 cm³/mol. The second-order valence-corrected chi connectivity index (χ2v) is 12.6. The maximum Gasteiger partial charge on any atom is 0.362 e. The average Bonchev–Trinajstić information content (AvgIpc) is 2.96. The van der Waals surface area contributed by atoms with Crippen LogP contribution in [0.2, 0.25) is 0 Å². The Balaban J connectivity index is 4.29. The minimum atomic E-state index is -1.11. The Morgan fingerprint density at radius 2 is 0.744 bits per heavy atom. The predicted octanol–water partition coefficient (Wildman–Crippen LogP) is 9.77. The molecule has 3 atom stereocenters. The van der Waals surface area contributed by atoms with E-state index in [2.05, 4.69) is 19.1 Å². The zero-order chi connectivity index (χ0) is 32.3. The van der Waals surface area contributed by atoms with Crippen LogP contribution in [0.25, 0.3) is 0 Å². The number of hydrogen-bond acceptors (Lipinski definition) is 3. The lowest BCUT2D eigenvalue weighted by molar-refractivity contribution is -0.973. The highest BCUT2D eigenvalue weighted by atomic mass is 16.4. The van der Waals surface area contributed by atoms with Crippen LogP contribution >= 0.6 is 0 Å². The van der Waals surface area contributed by atoms with Crippen molar-refractivity contribution in [3.05, 3.63) is 12.2 Å². The van der Waals surface area contributed by atoms with Crippen molar-refractivity contribution in [1.29, 1.82) is 0 Å². The summed E-state index contributed by atoms with van der Waals surface area (Å²) < 4.78 is -0.403. The van der Waals surface area contributed by atoms with Crippen molar-refractivity contribution < 1.29 is 34.2 Å². The minimum Gasteiger partial charge on any atom is -0.477 e. The van der Waals surface area contributed by atoms with Crippen LogP contribution in [0, 0.1) is 0 Å². The van der Waals surface area contributed by atoms with Gasteiger partial charge in [-0.1, -0.05) is 130 Å². The van der Waals surface area contributed by atoms with Crippen molar-refractivity contribution in [1.82, 2.24) is 0 Å². The summed E-state index contributed by atoms with van der Waals surface area (Å²) in [6, 6.07) is -3.18. The summed E-state index contributed by atoms with van der Waals surface area (Å²) in [6.07, 6.45) is 29.8. The molecular weight excluding hydrogens is 542 g/mol. The Morgan fingerprint density at radius 1 is 0.465 bits per heavy atom. The van der Waals surface area contributed by atoms with Gasteiger partial charge in [-0.15, -0.1) is 0 Å². The van der Waals surface area contributed by atoms with E-state index in [-0.39, 0.29) is 25.8 Å². The smallest absolute Gasteiger partial charge is 0.362 e. The van der Waals surface area contributed by atoms with Crippen LogP contribution in [0.5, 0.6) is 0 Å². The Hall–Kier alpha value is -1.89. The molecule has 0 rings (SSSR count). The van der Waals surface area contributed by atoms with Crippen LogP contribution in [-0.4, -0.2) is 62.4 Å². The lowest BCUT2D eigenvalue weighted by Gasteiger charge is -2.49. The first-order valence-corrected chi connectivity index (χ1v) is 17.9. The molecule has 7 heteroatoms. The van der Waals surface area contributed by atoms with Gasteiger partial charge in [-0.2, -0.15) is 0 Å². The minimum absolute atomic E-state index is 0.194. The van der Waals surface area contributed by atoms with E-state index in [0.29, 0.717) is 6.42 Å². The molecule has 0 aliphatic carbocycles. The molecule has 252 valence electrons. The molecule has 0 aromatic carbocycles. The van der Waals surface area contributed by atoms with E-state index < -0.39 is 40.5 Å². The van der Waals surface area contributed by atoms with Crippen molar-refractivity contribution in [3.63, 3.8) is 0 Å². The van der Waals surface area contributed by atoms with Crippen LogP contribution in [0.1, 0.15) is 175 Å². The number of hydrogen-bond donors (Lipinski definition) is 3. The first-order valence-electron chi connectivity index (χ1n) is 17.9. The molecule has 0 fully saturated rings. The van der Waals surface area contributed by atoms with Gasteiger partial charge in [0.25, 0.3) is 0 Å². The second kappa shape index (κ2) is 26.5. The molecule has 0 aliphatic heterocycles. The highest BCUT2D eigenvalue weighted by molar-refractivity contribution is 5.78. The Labute approximate surface area is 264 Å². The third kappa shape index (κ3) is 16.7. The van der Waals surface area contributed by atoms with E-state index in [1.54, 1.807) is 20.8 Å². The normalized spacial score (nSPS) is 15.3. The molecule has 43 heavy (non-hydrogen) atoms. The molecule has 0 aliphatic rings. The van der Waals surface area contributed by atoms with E-state index in [1.807, 2.05) is 0 Å². The van der Waals surface area contributed by atoms with Crippen molar-refractivity contribution in [2.45, 2.75) is 193 Å². The van der Waals surface area contributed by atoms with Crippen LogP contribution in [0.4, 0.5) is 0 Å². The number of aliphatic carboxylic acids is 3. The van der Waals surface area contributed by atoms with Gasteiger partial charge in [0.15, 0.2) is 18.1 Å². The van der Waals surface area contributed by atoms with Crippen molar-refractivity contribution >= 4 is 17.9 Å². The molecule has 7 nitrogen and oxygen atoms in total. The van der Waals surface area contributed by atoms with E-state index in [0.717, 1.165) is 19.3 Å². The first kappa shape index (κ1) is 41.1. The number of rotatable bonds is 31. The summed E-state index contributed by atoms with van der Waals surface area (Å²) in [5.74, 6) is -3.34. The number of quaternary nitrogens is 1. The number of carboxylic acid groups (broad SMARTS) is 3. The van der Waals surface area contributed by atoms with Gasteiger partial charge in [0.05, 0.1) is 6.54 Å². The van der Waals surface area contributed by atoms with Gasteiger partial charge in [-0.25, -0.2) is 14.4 Å².